The Morgan fingerprint density at radius 2 is 1.86 bits per heavy atom. The van der Waals surface area contributed by atoms with E-state index in [-0.39, 0.29) is 0 Å². The van der Waals surface area contributed by atoms with Gasteiger partial charge >= 0.3 is 0 Å². The Morgan fingerprint density at radius 1 is 1.29 bits per heavy atom. The molecule has 1 N–H and O–H groups in total. The predicted molar refractivity (Wildman–Crippen MR) is 29.2 cm³/mol. The van der Waals surface area contributed by atoms with E-state index in [1.54, 1.807) is 0 Å². The highest BCUT2D eigenvalue weighted by atomic mass is 16.2. The topological polar surface area (TPSA) is 20.2 Å². The molecule has 0 amide bonds. The number of aliphatic hydroxyl groups excluding tert-OH is 1. The van der Waals surface area contributed by atoms with E-state index in [0.29, 0.717) is 0 Å². The van der Waals surface area contributed by atoms with E-state index in [1.807, 2.05) is 0 Å². The molecule has 0 saturated heterocycles. The Bertz CT molecular complexity index is 76.2. The third-order valence-corrected chi connectivity index (χ3v) is 1.43. The van der Waals surface area contributed by atoms with Gasteiger partial charge in [-0.2, -0.15) is 0 Å². The molecule has 40 valence electrons. The number of allylic oxidation sites excluding steroid dienone is 1. The first-order valence-electron chi connectivity index (χ1n) is 2.75. The second-order valence-corrected chi connectivity index (χ2v) is 1.99. The zero-order valence-corrected chi connectivity index (χ0v) is 4.35. The lowest BCUT2D eigenvalue weighted by Crippen LogP contribution is -1.67. The summed E-state index contributed by atoms with van der Waals surface area (Å²) in [6, 6.07) is 0. The number of hydrogen-bond acceptors (Lipinski definition) is 1. The summed E-state index contributed by atoms with van der Waals surface area (Å²) in [5, 5.41) is 8.40. The fourth-order valence-corrected chi connectivity index (χ4v) is 0.958. The van der Waals surface area contributed by atoms with Crippen molar-refractivity contribution in [1.82, 2.24) is 0 Å². The van der Waals surface area contributed by atoms with Crippen LogP contribution in [0.4, 0.5) is 0 Å². The fourth-order valence-electron chi connectivity index (χ4n) is 0.958. The smallest absolute Gasteiger partial charge is 0.0783 e. The largest absolute Gasteiger partial charge is 0.516 e. The molecule has 0 unspecified atom stereocenters. The van der Waals surface area contributed by atoms with Crippen LogP contribution in [-0.2, 0) is 0 Å². The Kier molecular flexibility index (Phi) is 1.35. The first kappa shape index (κ1) is 4.69. The molecule has 0 heterocycles. The van der Waals surface area contributed by atoms with Crippen LogP contribution in [0.15, 0.2) is 11.8 Å². The minimum atomic E-state index is 1.12. The van der Waals surface area contributed by atoms with Crippen molar-refractivity contribution < 1.29 is 5.11 Å². The monoisotopic (exact) mass is 98.1 g/mol. The first-order chi connectivity index (χ1) is 3.43. The highest BCUT2D eigenvalue weighted by molar-refractivity contribution is 5.01. The maximum absolute atomic E-state index is 8.40. The van der Waals surface area contributed by atoms with Gasteiger partial charge in [0.25, 0.3) is 0 Å². The van der Waals surface area contributed by atoms with Gasteiger partial charge < -0.3 is 5.11 Å². The van der Waals surface area contributed by atoms with Gasteiger partial charge in [0.2, 0.25) is 0 Å². The van der Waals surface area contributed by atoms with Crippen LogP contribution < -0.4 is 0 Å². The fraction of sp³-hybridized carbons (Fsp3) is 0.667. The van der Waals surface area contributed by atoms with Crippen molar-refractivity contribution in [3.05, 3.63) is 11.8 Å². The van der Waals surface area contributed by atoms with Crippen molar-refractivity contribution in [3.8, 4) is 0 Å². The van der Waals surface area contributed by atoms with Gasteiger partial charge in [0.15, 0.2) is 0 Å². The Balaban J connectivity index is 2.41. The van der Waals surface area contributed by atoms with Crippen LogP contribution >= 0.6 is 0 Å². The first-order valence-corrected chi connectivity index (χ1v) is 2.75. The SMILES string of the molecule is OC=C1CCCC1. The summed E-state index contributed by atoms with van der Waals surface area (Å²) in [7, 11) is 0. The van der Waals surface area contributed by atoms with Gasteiger partial charge in [0, 0.05) is 0 Å². The maximum atomic E-state index is 8.40. The van der Waals surface area contributed by atoms with E-state index in [2.05, 4.69) is 0 Å². The average Bonchev–Trinajstić information content (AvgIpc) is 2.14. The van der Waals surface area contributed by atoms with Gasteiger partial charge in [0.05, 0.1) is 6.26 Å². The van der Waals surface area contributed by atoms with E-state index in [9.17, 15) is 0 Å². The van der Waals surface area contributed by atoms with Gasteiger partial charge in [-0.25, -0.2) is 0 Å². The molecule has 0 aliphatic heterocycles. The zero-order valence-electron chi connectivity index (χ0n) is 4.35. The molecular weight excluding hydrogens is 88.1 g/mol. The molecule has 1 aliphatic carbocycles. The van der Waals surface area contributed by atoms with E-state index in [1.165, 1.54) is 24.7 Å². The standard InChI is InChI=1S/C6H10O/c7-5-6-3-1-2-4-6/h5,7H,1-4H2. The molecule has 1 rings (SSSR count). The van der Waals surface area contributed by atoms with Crippen molar-refractivity contribution in [1.29, 1.82) is 0 Å². The van der Waals surface area contributed by atoms with Crippen molar-refractivity contribution in [2.24, 2.45) is 0 Å². The van der Waals surface area contributed by atoms with Gasteiger partial charge in [-0.3, -0.25) is 0 Å². The van der Waals surface area contributed by atoms with Crippen molar-refractivity contribution in [2.45, 2.75) is 25.7 Å². The molecule has 0 spiro atoms. The summed E-state index contributed by atoms with van der Waals surface area (Å²) in [6.07, 6.45) is 6.04. The Morgan fingerprint density at radius 3 is 2.14 bits per heavy atom. The second kappa shape index (κ2) is 2.01. The van der Waals surface area contributed by atoms with E-state index in [4.69, 9.17) is 5.11 Å². The van der Waals surface area contributed by atoms with Crippen LogP contribution in [0.5, 0.6) is 0 Å². The number of hydrogen-bond donors (Lipinski definition) is 1. The van der Waals surface area contributed by atoms with E-state index < -0.39 is 0 Å². The molecule has 1 aliphatic rings. The molecule has 1 nitrogen and oxygen atoms in total. The maximum Gasteiger partial charge on any atom is 0.0783 e. The highest BCUT2D eigenvalue weighted by Crippen LogP contribution is 2.22. The molecule has 0 radical (unpaired) electrons. The number of aliphatic hydroxyl groups is 1. The molecule has 0 bridgehead atoms. The minimum absolute atomic E-state index is 1.12. The van der Waals surface area contributed by atoms with Crippen molar-refractivity contribution >= 4 is 0 Å². The summed E-state index contributed by atoms with van der Waals surface area (Å²) in [5.41, 5.74) is 1.22. The molecule has 0 aromatic rings. The molecular formula is C6H10O. The van der Waals surface area contributed by atoms with Crippen LogP contribution in [-0.4, -0.2) is 5.11 Å². The van der Waals surface area contributed by atoms with Crippen LogP contribution in [0, 0.1) is 0 Å². The van der Waals surface area contributed by atoms with Crippen LogP contribution in [0.3, 0.4) is 0 Å². The average molecular weight is 98.1 g/mol. The summed E-state index contributed by atoms with van der Waals surface area (Å²) in [4.78, 5) is 0. The van der Waals surface area contributed by atoms with Crippen molar-refractivity contribution in [2.75, 3.05) is 0 Å². The predicted octanol–water partition coefficient (Wildman–Crippen LogP) is 2.00. The molecule has 7 heavy (non-hydrogen) atoms. The highest BCUT2D eigenvalue weighted by Gasteiger charge is 2.04. The minimum Gasteiger partial charge on any atom is -0.516 e. The lowest BCUT2D eigenvalue weighted by molar-refractivity contribution is 0.465. The van der Waals surface area contributed by atoms with E-state index in [0.717, 1.165) is 12.8 Å². The number of rotatable bonds is 0. The zero-order chi connectivity index (χ0) is 5.11. The van der Waals surface area contributed by atoms with Gasteiger partial charge in [-0.05, 0) is 31.3 Å². The van der Waals surface area contributed by atoms with Gasteiger partial charge in [-0.15, -0.1) is 0 Å². The summed E-state index contributed by atoms with van der Waals surface area (Å²) in [5.74, 6) is 0. The molecule has 1 fully saturated rings. The third-order valence-electron chi connectivity index (χ3n) is 1.43. The normalized spacial score (nSPS) is 20.3. The molecule has 1 heteroatoms. The van der Waals surface area contributed by atoms with E-state index >= 15 is 0 Å². The molecule has 0 aromatic carbocycles. The second-order valence-electron chi connectivity index (χ2n) is 1.99. The van der Waals surface area contributed by atoms with Gasteiger partial charge in [0.1, 0.15) is 0 Å². The lowest BCUT2D eigenvalue weighted by atomic mass is 10.3. The summed E-state index contributed by atoms with van der Waals surface area (Å²) < 4.78 is 0. The third kappa shape index (κ3) is 0.952. The van der Waals surface area contributed by atoms with Crippen LogP contribution in [0.1, 0.15) is 25.7 Å². The lowest BCUT2D eigenvalue weighted by Gasteiger charge is -1.84. The Labute approximate surface area is 43.7 Å². The summed E-state index contributed by atoms with van der Waals surface area (Å²) >= 11 is 0. The van der Waals surface area contributed by atoms with Crippen LogP contribution in [0.25, 0.3) is 0 Å². The molecule has 1 saturated carbocycles. The van der Waals surface area contributed by atoms with Crippen LogP contribution in [0.2, 0.25) is 0 Å². The van der Waals surface area contributed by atoms with Crippen molar-refractivity contribution in [3.63, 3.8) is 0 Å². The van der Waals surface area contributed by atoms with Gasteiger partial charge in [-0.1, -0.05) is 0 Å². The Hall–Kier alpha value is -0.460. The quantitative estimate of drug-likeness (QED) is 0.459. The molecule has 0 aromatic heterocycles. The molecule has 0 atom stereocenters. The summed E-state index contributed by atoms with van der Waals surface area (Å²) in [6.45, 7) is 0.